The van der Waals surface area contributed by atoms with Crippen LogP contribution in [0.5, 0.6) is 0 Å². The molecule has 0 atom stereocenters. The van der Waals surface area contributed by atoms with Gasteiger partial charge in [-0.25, -0.2) is 9.97 Å². The predicted octanol–water partition coefficient (Wildman–Crippen LogP) is 1.36. The van der Waals surface area contributed by atoms with Crippen LogP contribution in [0.15, 0.2) is 37.1 Å². The maximum Gasteiger partial charge on any atom is 0.160 e. The number of aromatic amines is 1. The molecule has 84 valence electrons. The minimum Gasteiger partial charge on any atom is -0.365 e. The molecule has 0 aliphatic heterocycles. The molecule has 17 heavy (non-hydrogen) atoms. The number of rotatable bonds is 3. The van der Waals surface area contributed by atoms with Crippen LogP contribution in [0.25, 0.3) is 11.0 Å². The zero-order valence-electron chi connectivity index (χ0n) is 8.96. The first-order valence-corrected chi connectivity index (χ1v) is 5.20. The van der Waals surface area contributed by atoms with Crippen LogP contribution in [-0.2, 0) is 6.54 Å². The van der Waals surface area contributed by atoms with Gasteiger partial charge in [-0.15, -0.1) is 0 Å². The van der Waals surface area contributed by atoms with Crippen molar-refractivity contribution in [1.29, 1.82) is 0 Å². The van der Waals surface area contributed by atoms with E-state index >= 15 is 0 Å². The monoisotopic (exact) mass is 226 g/mol. The van der Waals surface area contributed by atoms with Gasteiger partial charge in [-0.05, 0) is 11.6 Å². The van der Waals surface area contributed by atoms with Gasteiger partial charge in [-0.2, -0.15) is 5.10 Å². The Kier molecular flexibility index (Phi) is 2.38. The molecule has 0 radical (unpaired) electrons. The molecule has 3 heterocycles. The van der Waals surface area contributed by atoms with Gasteiger partial charge in [0.1, 0.15) is 12.1 Å². The molecule has 3 rings (SSSR count). The molecule has 6 nitrogen and oxygen atoms in total. The van der Waals surface area contributed by atoms with Gasteiger partial charge in [0, 0.05) is 18.9 Å². The van der Waals surface area contributed by atoms with Crippen molar-refractivity contribution in [3.63, 3.8) is 0 Å². The third-order valence-corrected chi connectivity index (χ3v) is 2.43. The van der Waals surface area contributed by atoms with E-state index in [9.17, 15) is 0 Å². The van der Waals surface area contributed by atoms with Crippen LogP contribution < -0.4 is 5.32 Å². The highest BCUT2D eigenvalue weighted by molar-refractivity contribution is 5.85. The van der Waals surface area contributed by atoms with Crippen LogP contribution in [0.3, 0.4) is 0 Å². The Morgan fingerprint density at radius 3 is 3.12 bits per heavy atom. The lowest BCUT2D eigenvalue weighted by molar-refractivity contribution is 1.07. The molecule has 6 heteroatoms. The van der Waals surface area contributed by atoms with Crippen molar-refractivity contribution in [2.45, 2.75) is 6.54 Å². The number of pyridine rings is 1. The normalized spacial score (nSPS) is 10.6. The fourth-order valence-electron chi connectivity index (χ4n) is 1.59. The summed E-state index contributed by atoms with van der Waals surface area (Å²) < 4.78 is 0. The van der Waals surface area contributed by atoms with E-state index in [1.807, 2.05) is 18.3 Å². The molecule has 0 aliphatic rings. The van der Waals surface area contributed by atoms with Crippen LogP contribution in [-0.4, -0.2) is 25.1 Å². The fraction of sp³-hybridized carbons (Fsp3) is 0.0909. The molecule has 0 fully saturated rings. The van der Waals surface area contributed by atoms with E-state index in [1.165, 1.54) is 6.33 Å². The number of H-pyrrole nitrogens is 1. The van der Waals surface area contributed by atoms with Crippen molar-refractivity contribution < 1.29 is 0 Å². The van der Waals surface area contributed by atoms with Gasteiger partial charge in [0.25, 0.3) is 0 Å². The molecular formula is C11H10N6. The lowest BCUT2D eigenvalue weighted by Crippen LogP contribution is -2.02. The van der Waals surface area contributed by atoms with E-state index in [-0.39, 0.29) is 0 Å². The summed E-state index contributed by atoms with van der Waals surface area (Å²) >= 11 is 0. The smallest absolute Gasteiger partial charge is 0.160 e. The Bertz CT molecular complexity index is 618. The average molecular weight is 226 g/mol. The Morgan fingerprint density at radius 2 is 2.24 bits per heavy atom. The maximum atomic E-state index is 4.19. The average Bonchev–Trinajstić information content (AvgIpc) is 2.86. The van der Waals surface area contributed by atoms with Gasteiger partial charge in [0.2, 0.25) is 0 Å². The third-order valence-electron chi connectivity index (χ3n) is 2.43. The number of hydrogen-bond acceptors (Lipinski definition) is 5. The van der Waals surface area contributed by atoms with Crippen LogP contribution in [0.4, 0.5) is 5.82 Å². The number of fused-ring (bicyclic) bond motifs is 1. The molecule has 0 amide bonds. The first-order valence-electron chi connectivity index (χ1n) is 5.20. The number of hydrogen-bond donors (Lipinski definition) is 2. The van der Waals surface area contributed by atoms with E-state index in [0.717, 1.165) is 22.4 Å². The SMILES string of the molecule is c1cncc(CNc2ncnc3[nH]ncc23)c1. The number of aromatic nitrogens is 5. The minimum atomic E-state index is 0.672. The van der Waals surface area contributed by atoms with Gasteiger partial charge in [-0.3, -0.25) is 10.1 Å². The number of nitrogens with one attached hydrogen (secondary N) is 2. The van der Waals surface area contributed by atoms with Crippen molar-refractivity contribution in [2.75, 3.05) is 5.32 Å². The topological polar surface area (TPSA) is 79.4 Å². The highest BCUT2D eigenvalue weighted by Crippen LogP contribution is 2.16. The quantitative estimate of drug-likeness (QED) is 0.705. The fourth-order valence-corrected chi connectivity index (χ4v) is 1.59. The second-order valence-electron chi connectivity index (χ2n) is 3.57. The van der Waals surface area contributed by atoms with Gasteiger partial charge in [0.05, 0.1) is 11.6 Å². The Hall–Kier alpha value is -2.50. The summed E-state index contributed by atoms with van der Waals surface area (Å²) in [4.78, 5) is 12.3. The van der Waals surface area contributed by atoms with Crippen molar-refractivity contribution >= 4 is 16.9 Å². The van der Waals surface area contributed by atoms with Crippen molar-refractivity contribution in [3.8, 4) is 0 Å². The Morgan fingerprint density at radius 1 is 1.24 bits per heavy atom. The zero-order valence-corrected chi connectivity index (χ0v) is 8.96. The molecule has 0 saturated heterocycles. The highest BCUT2D eigenvalue weighted by atomic mass is 15.2. The molecule has 0 unspecified atom stereocenters. The standard InChI is InChI=1S/C11H10N6/c1-2-8(4-12-3-1)5-13-10-9-6-16-17-11(9)15-7-14-10/h1-4,6-7H,5H2,(H2,13,14,15,16,17). The summed E-state index contributed by atoms with van der Waals surface area (Å²) in [5, 5.41) is 10.9. The minimum absolute atomic E-state index is 0.672. The van der Waals surface area contributed by atoms with Gasteiger partial charge >= 0.3 is 0 Å². The summed E-state index contributed by atoms with van der Waals surface area (Å²) in [5.41, 5.74) is 1.83. The summed E-state index contributed by atoms with van der Waals surface area (Å²) in [7, 11) is 0. The first kappa shape index (κ1) is 9.71. The number of anilines is 1. The molecule has 0 aliphatic carbocycles. The van der Waals surface area contributed by atoms with Crippen LogP contribution >= 0.6 is 0 Å². The van der Waals surface area contributed by atoms with Crippen molar-refractivity contribution in [3.05, 3.63) is 42.6 Å². The second-order valence-corrected chi connectivity index (χ2v) is 3.57. The molecule has 3 aromatic heterocycles. The van der Waals surface area contributed by atoms with Crippen LogP contribution in [0.2, 0.25) is 0 Å². The van der Waals surface area contributed by atoms with E-state index in [1.54, 1.807) is 12.4 Å². The van der Waals surface area contributed by atoms with Crippen molar-refractivity contribution in [1.82, 2.24) is 25.1 Å². The second kappa shape index (κ2) is 4.17. The largest absolute Gasteiger partial charge is 0.365 e. The van der Waals surface area contributed by atoms with Gasteiger partial charge < -0.3 is 5.32 Å². The third kappa shape index (κ3) is 1.92. The lowest BCUT2D eigenvalue weighted by Gasteiger charge is -2.05. The predicted molar refractivity (Wildman–Crippen MR) is 63.2 cm³/mol. The van der Waals surface area contributed by atoms with E-state index in [2.05, 4.69) is 30.5 Å². The summed E-state index contributed by atoms with van der Waals surface area (Å²) in [6.07, 6.45) is 6.79. The molecule has 0 saturated carbocycles. The molecule has 3 aromatic rings. The Balaban J connectivity index is 1.84. The maximum absolute atomic E-state index is 4.19. The van der Waals surface area contributed by atoms with Gasteiger partial charge in [-0.1, -0.05) is 6.07 Å². The van der Waals surface area contributed by atoms with E-state index < -0.39 is 0 Å². The van der Waals surface area contributed by atoms with E-state index in [0.29, 0.717) is 6.54 Å². The molecule has 2 N–H and O–H groups in total. The first-order chi connectivity index (χ1) is 8.43. The lowest BCUT2D eigenvalue weighted by atomic mass is 10.3. The highest BCUT2D eigenvalue weighted by Gasteiger charge is 2.04. The van der Waals surface area contributed by atoms with E-state index in [4.69, 9.17) is 0 Å². The molecule has 0 spiro atoms. The van der Waals surface area contributed by atoms with Crippen LogP contribution in [0.1, 0.15) is 5.56 Å². The Labute approximate surface area is 97.1 Å². The summed E-state index contributed by atoms with van der Waals surface area (Å²) in [6.45, 7) is 0.672. The van der Waals surface area contributed by atoms with Crippen molar-refractivity contribution in [2.24, 2.45) is 0 Å². The molecule has 0 aromatic carbocycles. The number of nitrogens with zero attached hydrogens (tertiary/aromatic N) is 4. The summed E-state index contributed by atoms with van der Waals surface area (Å²) in [5.74, 6) is 0.771. The molecule has 0 bridgehead atoms. The summed E-state index contributed by atoms with van der Waals surface area (Å²) in [6, 6.07) is 3.91. The molecular weight excluding hydrogens is 216 g/mol. The van der Waals surface area contributed by atoms with Crippen LogP contribution in [0, 0.1) is 0 Å². The van der Waals surface area contributed by atoms with Gasteiger partial charge in [0.15, 0.2) is 5.65 Å². The zero-order chi connectivity index (χ0) is 11.5.